The average molecular weight is 344 g/mol. The monoisotopic (exact) mass is 344 g/mol. The Balaban J connectivity index is 2.04. The summed E-state index contributed by atoms with van der Waals surface area (Å²) in [4.78, 5) is 0.673. The van der Waals surface area contributed by atoms with Crippen molar-refractivity contribution in [2.45, 2.75) is 10.3 Å². The summed E-state index contributed by atoms with van der Waals surface area (Å²) in [7, 11) is 2.68. The van der Waals surface area contributed by atoms with E-state index in [1.165, 1.54) is 14.2 Å². The van der Waals surface area contributed by atoms with Crippen molar-refractivity contribution in [3.05, 3.63) is 47.0 Å². The van der Waals surface area contributed by atoms with Gasteiger partial charge in [-0.05, 0) is 18.2 Å². The van der Waals surface area contributed by atoms with E-state index in [2.05, 4.69) is 10.6 Å². The van der Waals surface area contributed by atoms with Crippen LogP contribution in [0.2, 0.25) is 0 Å². The van der Waals surface area contributed by atoms with Crippen LogP contribution in [0.1, 0.15) is 10.9 Å². The first-order chi connectivity index (χ1) is 11.0. The van der Waals surface area contributed by atoms with Crippen LogP contribution in [-0.2, 0) is 0 Å². The first-order valence-corrected chi connectivity index (χ1v) is 7.50. The van der Waals surface area contributed by atoms with Gasteiger partial charge in [0, 0.05) is 17.6 Å². The molecule has 1 atom stereocenters. The van der Waals surface area contributed by atoms with E-state index < -0.39 is 39.9 Å². The van der Waals surface area contributed by atoms with Gasteiger partial charge in [0.1, 0.15) is 16.8 Å². The minimum Gasteiger partial charge on any atom is -0.497 e. The zero-order valence-electron chi connectivity index (χ0n) is 12.1. The molecule has 122 valence electrons. The second-order valence-electron chi connectivity index (χ2n) is 4.80. The molecule has 0 aliphatic carbocycles. The first-order valence-electron chi connectivity index (χ1n) is 6.62. The molecule has 1 aliphatic rings. The predicted molar refractivity (Wildman–Crippen MR) is 81.0 cm³/mol. The Bertz CT molecular complexity index is 756. The summed E-state index contributed by atoms with van der Waals surface area (Å²) >= 11 is 1.05. The fourth-order valence-corrected chi connectivity index (χ4v) is 3.58. The van der Waals surface area contributed by atoms with E-state index in [-0.39, 0.29) is 0 Å². The van der Waals surface area contributed by atoms with Crippen molar-refractivity contribution < 1.29 is 22.3 Å². The Labute approximate surface area is 134 Å². The molecule has 0 spiro atoms. The van der Waals surface area contributed by atoms with E-state index in [1.54, 1.807) is 18.2 Å². The minimum atomic E-state index is -1.45. The fraction of sp³-hybridized carbons (Fsp3) is 0.200. The Kier molecular flexibility index (Phi) is 4.01. The number of benzene rings is 2. The van der Waals surface area contributed by atoms with Crippen LogP contribution >= 0.6 is 11.8 Å². The van der Waals surface area contributed by atoms with Gasteiger partial charge in [0.25, 0.3) is 0 Å². The molecule has 3 rings (SSSR count). The number of nitrogens with one attached hydrogen (secondary N) is 2. The molecule has 23 heavy (non-hydrogen) atoms. The Morgan fingerprint density at radius 2 is 1.74 bits per heavy atom. The number of methoxy groups -OCH3 is 1. The van der Waals surface area contributed by atoms with Crippen molar-refractivity contribution in [3.8, 4) is 5.75 Å². The van der Waals surface area contributed by atoms with E-state index in [0.29, 0.717) is 16.3 Å². The van der Waals surface area contributed by atoms with Gasteiger partial charge in [0.2, 0.25) is 0 Å². The largest absolute Gasteiger partial charge is 0.497 e. The second kappa shape index (κ2) is 5.84. The lowest BCUT2D eigenvalue weighted by Crippen LogP contribution is -2.13. The molecule has 2 aromatic carbocycles. The molecule has 0 amide bonds. The number of halogens is 4. The molecular formula is C15H12F4N2OS. The molecule has 1 unspecified atom stereocenters. The summed E-state index contributed by atoms with van der Waals surface area (Å²) in [5.74, 6) is -5.16. The van der Waals surface area contributed by atoms with E-state index in [9.17, 15) is 17.6 Å². The molecule has 0 aromatic heterocycles. The Morgan fingerprint density at radius 1 is 1.09 bits per heavy atom. The Hall–Kier alpha value is -2.09. The standard InChI is InChI=1S/C15H12F4N2OS/c1-20-14-12(18)10(16)9(11(17)13(14)19)15-21-7-4-3-6(22-2)5-8(7)23-15/h3-5,15,20-21H,1-2H3. The van der Waals surface area contributed by atoms with Crippen molar-refractivity contribution in [3.63, 3.8) is 0 Å². The highest BCUT2D eigenvalue weighted by Crippen LogP contribution is 2.49. The fourth-order valence-electron chi connectivity index (χ4n) is 2.37. The molecule has 1 aliphatic heterocycles. The predicted octanol–water partition coefficient (Wildman–Crippen LogP) is 4.51. The number of fused-ring (bicyclic) bond motifs is 1. The van der Waals surface area contributed by atoms with Gasteiger partial charge in [-0.3, -0.25) is 0 Å². The van der Waals surface area contributed by atoms with Gasteiger partial charge in [-0.1, -0.05) is 11.8 Å². The number of rotatable bonds is 3. The first kappa shape index (κ1) is 15.8. The van der Waals surface area contributed by atoms with Crippen LogP contribution in [0.25, 0.3) is 0 Å². The number of anilines is 2. The smallest absolute Gasteiger partial charge is 0.185 e. The molecule has 2 N–H and O–H groups in total. The van der Waals surface area contributed by atoms with Crippen LogP contribution in [0.3, 0.4) is 0 Å². The number of hydrogen-bond acceptors (Lipinski definition) is 4. The van der Waals surface area contributed by atoms with Crippen molar-refractivity contribution in [1.29, 1.82) is 0 Å². The lowest BCUT2D eigenvalue weighted by atomic mass is 10.1. The van der Waals surface area contributed by atoms with E-state index in [4.69, 9.17) is 4.74 Å². The highest BCUT2D eigenvalue weighted by molar-refractivity contribution is 8.00. The quantitative estimate of drug-likeness (QED) is 0.634. The zero-order valence-corrected chi connectivity index (χ0v) is 13.0. The number of ether oxygens (including phenoxy) is 1. The number of hydrogen-bond donors (Lipinski definition) is 2. The van der Waals surface area contributed by atoms with Crippen LogP contribution < -0.4 is 15.4 Å². The normalized spacial score (nSPS) is 16.0. The van der Waals surface area contributed by atoms with Crippen LogP contribution in [0.15, 0.2) is 23.1 Å². The van der Waals surface area contributed by atoms with Crippen molar-refractivity contribution in [2.75, 3.05) is 24.8 Å². The summed E-state index contributed by atoms with van der Waals surface area (Å²) in [6.45, 7) is 0. The summed E-state index contributed by atoms with van der Waals surface area (Å²) in [5.41, 5.74) is -0.900. The molecule has 3 nitrogen and oxygen atoms in total. The third kappa shape index (κ3) is 2.46. The van der Waals surface area contributed by atoms with Gasteiger partial charge in [0.05, 0.1) is 12.7 Å². The molecule has 0 radical (unpaired) electrons. The third-order valence-corrected chi connectivity index (χ3v) is 4.71. The molecule has 8 heteroatoms. The summed E-state index contributed by atoms with van der Waals surface area (Å²) in [6.07, 6.45) is 0. The molecular weight excluding hydrogens is 332 g/mol. The second-order valence-corrected chi connectivity index (χ2v) is 5.95. The molecule has 0 saturated carbocycles. The summed E-state index contributed by atoms with van der Waals surface area (Å²) in [6, 6.07) is 5.02. The van der Waals surface area contributed by atoms with Gasteiger partial charge in [-0.25, -0.2) is 17.6 Å². The number of thioether (sulfide) groups is 1. The zero-order chi connectivity index (χ0) is 16.7. The topological polar surface area (TPSA) is 33.3 Å². The van der Waals surface area contributed by atoms with Gasteiger partial charge in [-0.15, -0.1) is 0 Å². The van der Waals surface area contributed by atoms with Crippen LogP contribution in [0.4, 0.5) is 28.9 Å². The van der Waals surface area contributed by atoms with E-state index in [0.717, 1.165) is 11.8 Å². The van der Waals surface area contributed by atoms with Crippen LogP contribution in [0, 0.1) is 23.3 Å². The maximum atomic E-state index is 14.2. The SMILES string of the molecule is CNc1c(F)c(F)c(C2Nc3ccc(OC)cc3S2)c(F)c1F. The Morgan fingerprint density at radius 3 is 2.30 bits per heavy atom. The molecule has 1 heterocycles. The average Bonchev–Trinajstić information content (AvgIpc) is 2.96. The molecule has 2 aromatic rings. The van der Waals surface area contributed by atoms with Crippen molar-refractivity contribution in [2.24, 2.45) is 0 Å². The van der Waals surface area contributed by atoms with Crippen molar-refractivity contribution >= 4 is 23.1 Å². The minimum absolute atomic E-state index is 0.572. The van der Waals surface area contributed by atoms with Crippen LogP contribution in [-0.4, -0.2) is 14.2 Å². The van der Waals surface area contributed by atoms with E-state index >= 15 is 0 Å². The van der Waals surface area contributed by atoms with Gasteiger partial charge >= 0.3 is 0 Å². The van der Waals surface area contributed by atoms with Crippen LogP contribution in [0.5, 0.6) is 5.75 Å². The molecule has 0 fully saturated rings. The maximum Gasteiger partial charge on any atom is 0.185 e. The highest BCUT2D eigenvalue weighted by atomic mass is 32.2. The van der Waals surface area contributed by atoms with E-state index in [1.807, 2.05) is 0 Å². The van der Waals surface area contributed by atoms with Gasteiger partial charge in [0.15, 0.2) is 23.3 Å². The molecule has 0 bridgehead atoms. The van der Waals surface area contributed by atoms with Crippen molar-refractivity contribution in [1.82, 2.24) is 0 Å². The van der Waals surface area contributed by atoms with Gasteiger partial charge in [-0.2, -0.15) is 0 Å². The lowest BCUT2D eigenvalue weighted by Gasteiger charge is -2.16. The maximum absolute atomic E-state index is 14.2. The highest BCUT2D eigenvalue weighted by Gasteiger charge is 2.33. The van der Waals surface area contributed by atoms with Gasteiger partial charge < -0.3 is 15.4 Å². The summed E-state index contributed by atoms with van der Waals surface area (Å²) < 4.78 is 61.3. The summed E-state index contributed by atoms with van der Waals surface area (Å²) in [5, 5.41) is 3.99. The lowest BCUT2D eigenvalue weighted by molar-refractivity contribution is 0.414. The molecule has 0 saturated heterocycles. The third-order valence-electron chi connectivity index (χ3n) is 3.53.